The van der Waals surface area contributed by atoms with Gasteiger partial charge < -0.3 is 15.2 Å². The van der Waals surface area contributed by atoms with Crippen LogP contribution in [0.1, 0.15) is 38.2 Å². The van der Waals surface area contributed by atoms with Gasteiger partial charge in [-0.05, 0) is 37.0 Å². The molecule has 1 atom stereocenters. The van der Waals surface area contributed by atoms with Gasteiger partial charge in [0.05, 0.1) is 37.3 Å². The molecule has 0 amide bonds. The summed E-state index contributed by atoms with van der Waals surface area (Å²) in [4.78, 5) is 23.3. The highest BCUT2D eigenvalue weighted by Gasteiger charge is 2.17. The Labute approximate surface area is 174 Å². The minimum absolute atomic E-state index is 0.0189. The first-order valence-corrected chi connectivity index (χ1v) is 9.69. The molecule has 0 aliphatic carbocycles. The maximum absolute atomic E-state index is 14.4. The van der Waals surface area contributed by atoms with E-state index in [4.69, 9.17) is 4.74 Å². The molecule has 30 heavy (non-hydrogen) atoms. The molecule has 156 valence electrons. The van der Waals surface area contributed by atoms with Crippen molar-refractivity contribution in [3.8, 4) is 17.1 Å². The highest BCUT2D eigenvalue weighted by molar-refractivity contribution is 5.81. The maximum atomic E-state index is 14.4. The van der Waals surface area contributed by atoms with Gasteiger partial charge in [-0.3, -0.25) is 9.78 Å². The molecule has 1 unspecified atom stereocenters. The summed E-state index contributed by atoms with van der Waals surface area (Å²) in [6.45, 7) is 4.25. The Kier molecular flexibility index (Phi) is 6.90. The molecule has 8 heteroatoms. The molecule has 0 bridgehead atoms. The van der Waals surface area contributed by atoms with Crippen LogP contribution >= 0.6 is 0 Å². The van der Waals surface area contributed by atoms with Crippen LogP contribution in [0.25, 0.3) is 11.1 Å². The fourth-order valence-corrected chi connectivity index (χ4v) is 3.20. The van der Waals surface area contributed by atoms with E-state index in [9.17, 15) is 14.3 Å². The Morgan fingerprint density at radius 1 is 1.17 bits per heavy atom. The molecule has 0 spiro atoms. The van der Waals surface area contributed by atoms with E-state index in [1.807, 2.05) is 26.0 Å². The van der Waals surface area contributed by atoms with Crippen molar-refractivity contribution in [2.75, 3.05) is 11.9 Å². The predicted octanol–water partition coefficient (Wildman–Crippen LogP) is 4.79. The average Bonchev–Trinajstić information content (AvgIpc) is 2.74. The van der Waals surface area contributed by atoms with Gasteiger partial charge in [-0.1, -0.05) is 19.1 Å². The average molecular weight is 410 g/mol. The van der Waals surface area contributed by atoms with Gasteiger partial charge in [0.15, 0.2) is 0 Å². The number of aliphatic carboxylic acids is 1. The fourth-order valence-electron chi connectivity index (χ4n) is 3.20. The van der Waals surface area contributed by atoms with Gasteiger partial charge in [-0.2, -0.15) is 0 Å². The number of rotatable bonds is 9. The predicted molar refractivity (Wildman–Crippen MR) is 111 cm³/mol. The number of aromatic nitrogens is 3. The minimum atomic E-state index is -0.861. The van der Waals surface area contributed by atoms with Crippen molar-refractivity contribution < 1.29 is 19.0 Å². The molecular formula is C22H23FN4O3. The van der Waals surface area contributed by atoms with E-state index < -0.39 is 11.8 Å². The number of benzene rings is 1. The summed E-state index contributed by atoms with van der Waals surface area (Å²) in [6, 6.07) is 7.34. The number of anilines is 2. The van der Waals surface area contributed by atoms with Crippen molar-refractivity contribution in [1.29, 1.82) is 0 Å². The van der Waals surface area contributed by atoms with Crippen LogP contribution in [0.15, 0.2) is 49.1 Å². The van der Waals surface area contributed by atoms with Gasteiger partial charge in [-0.25, -0.2) is 14.4 Å². The van der Waals surface area contributed by atoms with Crippen LogP contribution in [0, 0.1) is 5.82 Å². The molecule has 0 fully saturated rings. The van der Waals surface area contributed by atoms with Crippen LogP contribution in [0.5, 0.6) is 6.01 Å². The lowest BCUT2D eigenvalue weighted by molar-refractivity contribution is -0.137. The van der Waals surface area contributed by atoms with E-state index in [1.165, 1.54) is 6.20 Å². The molecule has 1 aromatic carbocycles. The Balaban J connectivity index is 2.02. The third-order valence-electron chi connectivity index (χ3n) is 4.67. The molecule has 3 rings (SSSR count). The van der Waals surface area contributed by atoms with Gasteiger partial charge >= 0.3 is 12.0 Å². The summed E-state index contributed by atoms with van der Waals surface area (Å²) < 4.78 is 19.7. The Bertz CT molecular complexity index is 1010. The lowest BCUT2D eigenvalue weighted by Gasteiger charge is -2.18. The second-order valence-electron chi connectivity index (χ2n) is 6.68. The molecule has 2 N–H and O–H groups in total. The van der Waals surface area contributed by atoms with Gasteiger partial charge in [0.1, 0.15) is 5.82 Å². The molecule has 2 heterocycles. The number of nitrogens with zero attached hydrogens (tertiary/aromatic N) is 3. The lowest BCUT2D eigenvalue weighted by atomic mass is 9.90. The van der Waals surface area contributed by atoms with E-state index >= 15 is 0 Å². The van der Waals surface area contributed by atoms with E-state index in [-0.39, 0.29) is 18.3 Å². The standard InChI is InChI=1S/C22H23FN4O3/c1-3-14(10-21(28)29)15-5-6-18(17-7-8-24-13-19(17)23)20(9-15)27-16-11-25-22(26-12-16)30-4-2/h5-9,11-14,27H,3-4,10H2,1-2H3,(H,28,29). The SMILES string of the molecule is CCOc1ncc(Nc2cc(C(CC)CC(=O)O)ccc2-c2ccncc2F)cn1. The molecule has 0 aliphatic heterocycles. The van der Waals surface area contributed by atoms with E-state index in [1.54, 1.807) is 24.5 Å². The summed E-state index contributed by atoms with van der Waals surface area (Å²) in [7, 11) is 0. The van der Waals surface area contributed by atoms with Crippen molar-refractivity contribution in [1.82, 2.24) is 15.0 Å². The monoisotopic (exact) mass is 410 g/mol. The second kappa shape index (κ2) is 9.78. The third-order valence-corrected chi connectivity index (χ3v) is 4.67. The molecular weight excluding hydrogens is 387 g/mol. The maximum Gasteiger partial charge on any atom is 0.316 e. The zero-order chi connectivity index (χ0) is 21.5. The highest BCUT2D eigenvalue weighted by atomic mass is 19.1. The van der Waals surface area contributed by atoms with Crippen LogP contribution in [0.4, 0.5) is 15.8 Å². The van der Waals surface area contributed by atoms with E-state index in [2.05, 4.69) is 20.3 Å². The zero-order valence-electron chi connectivity index (χ0n) is 16.8. The number of hydrogen-bond donors (Lipinski definition) is 2. The van der Waals surface area contributed by atoms with Crippen molar-refractivity contribution in [3.05, 3.63) is 60.4 Å². The summed E-state index contributed by atoms with van der Waals surface area (Å²) >= 11 is 0. The van der Waals surface area contributed by atoms with Gasteiger partial charge in [0, 0.05) is 23.0 Å². The smallest absolute Gasteiger partial charge is 0.316 e. The van der Waals surface area contributed by atoms with E-state index in [0.29, 0.717) is 35.5 Å². The van der Waals surface area contributed by atoms with Crippen LogP contribution in [0.3, 0.4) is 0 Å². The van der Waals surface area contributed by atoms with Crippen LogP contribution < -0.4 is 10.1 Å². The molecule has 7 nitrogen and oxygen atoms in total. The highest BCUT2D eigenvalue weighted by Crippen LogP contribution is 2.35. The van der Waals surface area contributed by atoms with E-state index in [0.717, 1.165) is 11.8 Å². The summed E-state index contributed by atoms with van der Waals surface area (Å²) in [5, 5.41) is 12.4. The number of hydrogen-bond acceptors (Lipinski definition) is 6. The normalized spacial score (nSPS) is 11.7. The Hall–Kier alpha value is -3.55. The minimum Gasteiger partial charge on any atom is -0.481 e. The van der Waals surface area contributed by atoms with Gasteiger partial charge in [-0.15, -0.1) is 0 Å². The summed E-state index contributed by atoms with van der Waals surface area (Å²) in [6.07, 6.45) is 6.52. The largest absolute Gasteiger partial charge is 0.481 e. The number of ether oxygens (including phenoxy) is 1. The number of halogens is 1. The van der Waals surface area contributed by atoms with Crippen LogP contribution in [-0.4, -0.2) is 32.6 Å². The van der Waals surface area contributed by atoms with Crippen molar-refractivity contribution in [3.63, 3.8) is 0 Å². The Morgan fingerprint density at radius 3 is 2.57 bits per heavy atom. The fraction of sp³-hybridized carbons (Fsp3) is 0.273. The quantitative estimate of drug-likeness (QED) is 0.523. The molecule has 2 aromatic heterocycles. The number of carbonyl (C=O) groups is 1. The van der Waals surface area contributed by atoms with Crippen molar-refractivity contribution >= 4 is 17.3 Å². The molecule has 0 radical (unpaired) electrons. The molecule has 0 saturated heterocycles. The molecule has 0 aliphatic rings. The first kappa shape index (κ1) is 21.2. The van der Waals surface area contributed by atoms with Crippen molar-refractivity contribution in [2.24, 2.45) is 0 Å². The number of pyridine rings is 1. The Morgan fingerprint density at radius 2 is 1.93 bits per heavy atom. The molecule has 0 saturated carbocycles. The van der Waals surface area contributed by atoms with Crippen LogP contribution in [0.2, 0.25) is 0 Å². The van der Waals surface area contributed by atoms with Crippen molar-refractivity contribution in [2.45, 2.75) is 32.6 Å². The number of carboxylic acids is 1. The summed E-state index contributed by atoms with van der Waals surface area (Å²) in [5.74, 6) is -1.47. The zero-order valence-corrected chi connectivity index (χ0v) is 16.8. The first-order chi connectivity index (χ1) is 14.5. The molecule has 3 aromatic rings. The van der Waals surface area contributed by atoms with Gasteiger partial charge in [0.2, 0.25) is 0 Å². The second-order valence-corrected chi connectivity index (χ2v) is 6.68. The van der Waals surface area contributed by atoms with Gasteiger partial charge in [0.25, 0.3) is 0 Å². The topological polar surface area (TPSA) is 97.2 Å². The lowest BCUT2D eigenvalue weighted by Crippen LogP contribution is -2.06. The number of nitrogens with one attached hydrogen (secondary N) is 1. The van der Waals surface area contributed by atoms with Crippen LogP contribution in [-0.2, 0) is 4.79 Å². The third kappa shape index (κ3) is 5.08. The first-order valence-electron chi connectivity index (χ1n) is 9.69. The number of carboxylic acid groups (broad SMARTS) is 1. The summed E-state index contributed by atoms with van der Waals surface area (Å²) in [5.41, 5.74) is 3.08.